The first-order chi connectivity index (χ1) is 9.26. The fraction of sp³-hybridized carbons (Fsp3) is 0.500. The van der Waals surface area contributed by atoms with Crippen LogP contribution in [0.25, 0.3) is 0 Å². The van der Waals surface area contributed by atoms with E-state index in [1.165, 1.54) is 0 Å². The van der Waals surface area contributed by atoms with E-state index in [1.807, 2.05) is 24.3 Å². The van der Waals surface area contributed by atoms with Crippen molar-refractivity contribution in [1.82, 2.24) is 4.90 Å². The summed E-state index contributed by atoms with van der Waals surface area (Å²) in [6.07, 6.45) is 0.474. The van der Waals surface area contributed by atoms with E-state index >= 15 is 0 Å². The van der Waals surface area contributed by atoms with Crippen LogP contribution in [0.3, 0.4) is 0 Å². The van der Waals surface area contributed by atoms with Crippen molar-refractivity contribution in [1.29, 1.82) is 0 Å². The predicted octanol–water partition coefficient (Wildman–Crippen LogP) is 1.17. The number of rotatable bonds is 4. The zero-order valence-electron chi connectivity index (χ0n) is 10.9. The summed E-state index contributed by atoms with van der Waals surface area (Å²) in [5.74, 6) is 0.988. The van der Waals surface area contributed by atoms with E-state index in [0.717, 1.165) is 11.3 Å². The molecule has 5 heteroatoms. The largest absolute Gasteiger partial charge is 0.497 e. The van der Waals surface area contributed by atoms with E-state index < -0.39 is 0 Å². The fourth-order valence-electron chi connectivity index (χ4n) is 2.32. The van der Waals surface area contributed by atoms with Gasteiger partial charge in [-0.2, -0.15) is 0 Å². The molecule has 0 radical (unpaired) electrons. The molecule has 2 aliphatic heterocycles. The molecule has 2 atom stereocenters. The number of carbonyl (C=O) groups is 1. The third kappa shape index (κ3) is 2.57. The second-order valence-corrected chi connectivity index (χ2v) is 4.82. The van der Waals surface area contributed by atoms with Gasteiger partial charge in [0.25, 0.3) is 0 Å². The Balaban J connectivity index is 1.50. The van der Waals surface area contributed by atoms with Gasteiger partial charge in [0.1, 0.15) is 12.0 Å². The highest BCUT2D eigenvalue weighted by molar-refractivity contribution is 5.82. The Morgan fingerprint density at radius 1 is 1.37 bits per heavy atom. The summed E-state index contributed by atoms with van der Waals surface area (Å²) in [4.78, 5) is 13.1. The maximum Gasteiger partial charge on any atom is 0.229 e. The van der Waals surface area contributed by atoms with Crippen LogP contribution in [0.15, 0.2) is 24.3 Å². The molecule has 0 N–H and O–H groups in total. The molecule has 102 valence electrons. The van der Waals surface area contributed by atoms with Crippen molar-refractivity contribution in [3.63, 3.8) is 0 Å². The molecule has 1 amide bonds. The van der Waals surface area contributed by atoms with Gasteiger partial charge in [-0.1, -0.05) is 12.1 Å². The number of fused-ring (bicyclic) bond motifs is 1. The third-order valence-corrected chi connectivity index (χ3v) is 3.54. The smallest absolute Gasteiger partial charge is 0.229 e. The average Bonchev–Trinajstić information content (AvgIpc) is 2.45. The quantitative estimate of drug-likeness (QED) is 0.765. The normalized spacial score (nSPS) is 25.7. The van der Waals surface area contributed by atoms with Crippen LogP contribution in [0, 0.1) is 0 Å². The molecule has 1 aromatic rings. The molecular formula is C14H17NO4. The molecule has 0 aliphatic carbocycles. The van der Waals surface area contributed by atoms with Gasteiger partial charge in [0, 0.05) is 0 Å². The van der Waals surface area contributed by atoms with Crippen molar-refractivity contribution in [2.45, 2.75) is 25.4 Å². The molecule has 2 aliphatic rings. The number of hydrogen-bond donors (Lipinski definition) is 0. The Bertz CT molecular complexity index is 459. The van der Waals surface area contributed by atoms with E-state index in [0.29, 0.717) is 26.2 Å². The van der Waals surface area contributed by atoms with E-state index in [-0.39, 0.29) is 18.2 Å². The van der Waals surface area contributed by atoms with Gasteiger partial charge in [0.05, 0.1) is 39.4 Å². The molecule has 1 aromatic carbocycles. The van der Waals surface area contributed by atoms with Crippen molar-refractivity contribution < 1.29 is 19.0 Å². The number of nitrogens with zero attached hydrogens (tertiary/aromatic N) is 1. The highest BCUT2D eigenvalue weighted by Crippen LogP contribution is 2.25. The molecule has 0 spiro atoms. The highest BCUT2D eigenvalue weighted by atomic mass is 16.6. The van der Waals surface area contributed by atoms with E-state index in [2.05, 4.69) is 0 Å². The van der Waals surface area contributed by atoms with Gasteiger partial charge in [0.15, 0.2) is 0 Å². The minimum atomic E-state index is -0.0393. The molecule has 0 saturated carbocycles. The van der Waals surface area contributed by atoms with Crippen LogP contribution in [0.4, 0.5) is 0 Å². The Morgan fingerprint density at radius 2 is 2.16 bits per heavy atom. The van der Waals surface area contributed by atoms with Crippen molar-refractivity contribution in [2.75, 3.05) is 20.3 Å². The lowest BCUT2D eigenvalue weighted by atomic mass is 10.1. The molecule has 3 rings (SSSR count). The van der Waals surface area contributed by atoms with Gasteiger partial charge in [-0.25, -0.2) is 0 Å². The topological polar surface area (TPSA) is 48.0 Å². The SMILES string of the molecule is COc1ccc(CO[C@H]2CO[C@@H]3CC(=O)N3C2)cc1. The summed E-state index contributed by atoms with van der Waals surface area (Å²) in [7, 11) is 1.64. The van der Waals surface area contributed by atoms with Crippen molar-refractivity contribution in [2.24, 2.45) is 0 Å². The maximum atomic E-state index is 11.3. The van der Waals surface area contributed by atoms with Gasteiger partial charge >= 0.3 is 0 Å². The molecule has 0 unspecified atom stereocenters. The summed E-state index contributed by atoms with van der Waals surface area (Å²) in [6.45, 7) is 1.72. The van der Waals surface area contributed by atoms with E-state index in [1.54, 1.807) is 12.0 Å². The molecule has 19 heavy (non-hydrogen) atoms. The number of ether oxygens (including phenoxy) is 3. The molecule has 2 saturated heterocycles. The van der Waals surface area contributed by atoms with Crippen LogP contribution in [0.5, 0.6) is 5.75 Å². The minimum absolute atomic E-state index is 0.00617. The van der Waals surface area contributed by atoms with Crippen LogP contribution in [0.1, 0.15) is 12.0 Å². The van der Waals surface area contributed by atoms with Crippen LogP contribution < -0.4 is 4.74 Å². The first-order valence-corrected chi connectivity index (χ1v) is 6.42. The summed E-state index contributed by atoms with van der Waals surface area (Å²) in [6, 6.07) is 7.76. The lowest BCUT2D eigenvalue weighted by Crippen LogP contribution is -2.61. The summed E-state index contributed by atoms with van der Waals surface area (Å²) in [5.41, 5.74) is 1.08. The predicted molar refractivity (Wildman–Crippen MR) is 67.6 cm³/mol. The second kappa shape index (κ2) is 5.19. The molecule has 2 fully saturated rings. The van der Waals surface area contributed by atoms with Crippen LogP contribution in [0.2, 0.25) is 0 Å². The number of β-lactam (4-membered cyclic amide) rings is 1. The monoisotopic (exact) mass is 263 g/mol. The average molecular weight is 263 g/mol. The van der Waals surface area contributed by atoms with Gasteiger partial charge in [0.2, 0.25) is 5.91 Å². The van der Waals surface area contributed by atoms with Gasteiger partial charge in [-0.05, 0) is 17.7 Å². The third-order valence-electron chi connectivity index (χ3n) is 3.54. The Kier molecular flexibility index (Phi) is 3.40. The maximum absolute atomic E-state index is 11.3. The summed E-state index contributed by atoms with van der Waals surface area (Å²) < 4.78 is 16.4. The van der Waals surface area contributed by atoms with Crippen LogP contribution in [-0.2, 0) is 20.9 Å². The number of methoxy groups -OCH3 is 1. The standard InChI is InChI=1S/C14H17NO4/c1-17-11-4-2-10(3-5-11)8-18-12-7-15-13(16)6-14(15)19-9-12/h2-5,12,14H,6-9H2,1H3/t12-,14-/m1/s1. The molecule has 5 nitrogen and oxygen atoms in total. The Labute approximate surface area is 112 Å². The number of hydrogen-bond acceptors (Lipinski definition) is 4. The van der Waals surface area contributed by atoms with Gasteiger partial charge in [-0.3, -0.25) is 4.79 Å². The van der Waals surface area contributed by atoms with Crippen molar-refractivity contribution in [3.05, 3.63) is 29.8 Å². The summed E-state index contributed by atoms with van der Waals surface area (Å²) in [5, 5.41) is 0. The lowest BCUT2D eigenvalue weighted by Gasteiger charge is -2.45. The molecule has 0 aromatic heterocycles. The van der Waals surface area contributed by atoms with Crippen molar-refractivity contribution >= 4 is 5.91 Å². The van der Waals surface area contributed by atoms with Crippen LogP contribution in [-0.4, -0.2) is 43.4 Å². The zero-order chi connectivity index (χ0) is 13.2. The fourth-order valence-corrected chi connectivity index (χ4v) is 2.32. The molecular weight excluding hydrogens is 246 g/mol. The van der Waals surface area contributed by atoms with Crippen LogP contribution >= 0.6 is 0 Å². The zero-order valence-corrected chi connectivity index (χ0v) is 10.9. The number of carbonyl (C=O) groups excluding carboxylic acids is 1. The Morgan fingerprint density at radius 3 is 2.84 bits per heavy atom. The first kappa shape index (κ1) is 12.4. The van der Waals surface area contributed by atoms with E-state index in [9.17, 15) is 4.79 Å². The first-order valence-electron chi connectivity index (χ1n) is 6.42. The lowest BCUT2D eigenvalue weighted by molar-refractivity contribution is -0.209. The second-order valence-electron chi connectivity index (χ2n) is 4.82. The summed E-state index contributed by atoms with van der Waals surface area (Å²) >= 11 is 0. The molecule has 2 heterocycles. The minimum Gasteiger partial charge on any atom is -0.497 e. The highest BCUT2D eigenvalue weighted by Gasteiger charge is 2.42. The Hall–Kier alpha value is -1.59. The van der Waals surface area contributed by atoms with Gasteiger partial charge < -0.3 is 19.1 Å². The van der Waals surface area contributed by atoms with E-state index in [4.69, 9.17) is 14.2 Å². The number of benzene rings is 1. The van der Waals surface area contributed by atoms with Gasteiger partial charge in [-0.15, -0.1) is 0 Å². The van der Waals surface area contributed by atoms with Crippen molar-refractivity contribution in [3.8, 4) is 5.75 Å². The molecule has 0 bridgehead atoms. The number of amides is 1.